The maximum Gasteiger partial charge on any atom is 0.384 e. The SMILES string of the molecule is N#Cc1c([N+](=O)[O-])ncc(C(F)F)c1F. The smallest absolute Gasteiger partial charge is 0.358 e. The summed E-state index contributed by atoms with van der Waals surface area (Å²) < 4.78 is 37.3. The molecule has 5 nitrogen and oxygen atoms in total. The van der Waals surface area contributed by atoms with Gasteiger partial charge >= 0.3 is 5.82 Å². The highest BCUT2D eigenvalue weighted by Gasteiger charge is 2.27. The molecule has 15 heavy (non-hydrogen) atoms. The van der Waals surface area contributed by atoms with Gasteiger partial charge in [0.25, 0.3) is 6.43 Å². The summed E-state index contributed by atoms with van der Waals surface area (Å²) in [5.74, 6) is -2.67. The first kappa shape index (κ1) is 10.9. The van der Waals surface area contributed by atoms with E-state index in [4.69, 9.17) is 5.26 Å². The standard InChI is InChI=1S/C7H2F3N3O2/c8-5-3(1-11)7(13(14)15)12-2-4(5)6(9)10/h2,6H. The van der Waals surface area contributed by atoms with Crippen molar-refractivity contribution < 1.29 is 18.1 Å². The number of nitro groups is 1. The Hall–Kier alpha value is -2.17. The van der Waals surface area contributed by atoms with Gasteiger partial charge < -0.3 is 10.1 Å². The number of nitrogens with zero attached hydrogens (tertiary/aromatic N) is 3. The number of hydrogen-bond acceptors (Lipinski definition) is 4. The minimum atomic E-state index is -3.18. The van der Waals surface area contributed by atoms with Crippen LogP contribution in [0.15, 0.2) is 6.20 Å². The second kappa shape index (κ2) is 3.91. The third-order valence-electron chi connectivity index (χ3n) is 1.54. The Balaban J connectivity index is 3.48. The Morgan fingerprint density at radius 2 is 2.20 bits per heavy atom. The van der Waals surface area contributed by atoms with E-state index in [0.717, 1.165) is 6.07 Å². The van der Waals surface area contributed by atoms with Crippen LogP contribution in [0, 0.1) is 27.3 Å². The van der Waals surface area contributed by atoms with Crippen LogP contribution in [0.25, 0.3) is 0 Å². The molecule has 0 saturated carbocycles. The molecule has 78 valence electrons. The van der Waals surface area contributed by atoms with Crippen LogP contribution in [0.1, 0.15) is 17.6 Å². The number of nitriles is 1. The third-order valence-corrected chi connectivity index (χ3v) is 1.54. The van der Waals surface area contributed by atoms with Gasteiger partial charge in [0.15, 0.2) is 17.6 Å². The molecule has 1 heterocycles. The Morgan fingerprint density at radius 3 is 2.60 bits per heavy atom. The van der Waals surface area contributed by atoms with Crippen LogP contribution in [-0.2, 0) is 0 Å². The van der Waals surface area contributed by atoms with Gasteiger partial charge in [0.2, 0.25) is 0 Å². The van der Waals surface area contributed by atoms with E-state index in [1.165, 1.54) is 0 Å². The summed E-state index contributed by atoms with van der Waals surface area (Å²) in [5, 5.41) is 18.6. The number of rotatable bonds is 2. The second-order valence-electron chi connectivity index (χ2n) is 2.40. The summed E-state index contributed by atoms with van der Waals surface area (Å²) in [6, 6.07) is 1.13. The van der Waals surface area contributed by atoms with Crippen molar-refractivity contribution in [1.82, 2.24) is 4.98 Å². The molecule has 0 aliphatic carbocycles. The second-order valence-corrected chi connectivity index (χ2v) is 2.40. The predicted octanol–water partition coefficient (Wildman–Crippen LogP) is 1.94. The van der Waals surface area contributed by atoms with Crippen molar-refractivity contribution in [3.8, 4) is 6.07 Å². The number of alkyl halides is 2. The highest BCUT2D eigenvalue weighted by Crippen LogP contribution is 2.27. The van der Waals surface area contributed by atoms with Crippen molar-refractivity contribution in [3.63, 3.8) is 0 Å². The van der Waals surface area contributed by atoms with Crippen LogP contribution in [0.5, 0.6) is 0 Å². The molecule has 0 radical (unpaired) electrons. The maximum absolute atomic E-state index is 13.1. The molecule has 0 spiro atoms. The fourth-order valence-electron chi connectivity index (χ4n) is 0.884. The summed E-state index contributed by atoms with van der Waals surface area (Å²) in [6.07, 6.45) is -2.83. The highest BCUT2D eigenvalue weighted by molar-refractivity contribution is 5.46. The number of hydrogen-bond donors (Lipinski definition) is 0. The molecule has 0 unspecified atom stereocenters. The van der Waals surface area contributed by atoms with Crippen molar-refractivity contribution in [2.24, 2.45) is 0 Å². The van der Waals surface area contributed by atoms with E-state index in [9.17, 15) is 23.3 Å². The summed E-state index contributed by atoms with van der Waals surface area (Å²) in [6.45, 7) is 0. The minimum Gasteiger partial charge on any atom is -0.358 e. The van der Waals surface area contributed by atoms with Crippen molar-refractivity contribution in [2.45, 2.75) is 6.43 Å². The number of pyridine rings is 1. The fourth-order valence-corrected chi connectivity index (χ4v) is 0.884. The van der Waals surface area contributed by atoms with Crippen molar-refractivity contribution in [1.29, 1.82) is 5.26 Å². The molecule has 0 aliphatic rings. The lowest BCUT2D eigenvalue weighted by atomic mass is 10.2. The van der Waals surface area contributed by atoms with E-state index in [1.807, 2.05) is 0 Å². The molecule has 1 rings (SSSR count). The van der Waals surface area contributed by atoms with E-state index in [-0.39, 0.29) is 0 Å². The van der Waals surface area contributed by atoms with Crippen LogP contribution < -0.4 is 0 Å². The lowest BCUT2D eigenvalue weighted by molar-refractivity contribution is -0.390. The highest BCUT2D eigenvalue weighted by atomic mass is 19.3. The van der Waals surface area contributed by atoms with E-state index >= 15 is 0 Å². The average Bonchev–Trinajstić information content (AvgIpc) is 2.16. The first-order valence-electron chi connectivity index (χ1n) is 3.50. The van der Waals surface area contributed by atoms with Gasteiger partial charge in [-0.15, -0.1) is 0 Å². The molecule has 0 aliphatic heterocycles. The summed E-state index contributed by atoms with van der Waals surface area (Å²) in [4.78, 5) is 12.1. The Bertz CT molecular complexity index is 456. The maximum atomic E-state index is 13.1. The van der Waals surface area contributed by atoms with Gasteiger partial charge in [-0.2, -0.15) is 5.26 Å². The first-order chi connectivity index (χ1) is 6.99. The van der Waals surface area contributed by atoms with Crippen LogP contribution in [0.4, 0.5) is 19.0 Å². The normalized spacial score (nSPS) is 10.1. The molecular weight excluding hydrogens is 215 g/mol. The quantitative estimate of drug-likeness (QED) is 0.560. The molecule has 0 saturated heterocycles. The van der Waals surface area contributed by atoms with Crippen LogP contribution >= 0.6 is 0 Å². The summed E-state index contributed by atoms with van der Waals surface area (Å²) >= 11 is 0. The van der Waals surface area contributed by atoms with Gasteiger partial charge in [0.1, 0.15) is 6.07 Å². The van der Waals surface area contributed by atoms with E-state index in [1.54, 1.807) is 0 Å². The first-order valence-corrected chi connectivity index (χ1v) is 3.50. The molecular formula is C7H2F3N3O2. The van der Waals surface area contributed by atoms with Crippen molar-refractivity contribution in [3.05, 3.63) is 33.3 Å². The Labute approximate surface area is 80.9 Å². The molecule has 0 aromatic carbocycles. The third kappa shape index (κ3) is 1.85. The van der Waals surface area contributed by atoms with E-state index in [2.05, 4.69) is 4.98 Å². The molecule has 0 atom stereocenters. The number of halogens is 3. The van der Waals surface area contributed by atoms with Gasteiger partial charge in [-0.1, -0.05) is 0 Å². The Morgan fingerprint density at radius 1 is 1.60 bits per heavy atom. The molecule has 0 fully saturated rings. The van der Waals surface area contributed by atoms with Gasteiger partial charge in [0, 0.05) is 0 Å². The van der Waals surface area contributed by atoms with Crippen LogP contribution in [0.3, 0.4) is 0 Å². The monoisotopic (exact) mass is 217 g/mol. The van der Waals surface area contributed by atoms with Crippen molar-refractivity contribution in [2.75, 3.05) is 0 Å². The predicted molar refractivity (Wildman–Crippen MR) is 40.5 cm³/mol. The zero-order valence-electron chi connectivity index (χ0n) is 6.95. The fraction of sp³-hybridized carbons (Fsp3) is 0.143. The molecule has 1 aromatic heterocycles. The summed E-state index contributed by atoms with van der Waals surface area (Å²) in [7, 11) is 0. The average molecular weight is 217 g/mol. The minimum absolute atomic E-state index is 0.346. The van der Waals surface area contributed by atoms with Gasteiger partial charge in [-0.25, -0.2) is 13.2 Å². The van der Waals surface area contributed by atoms with Gasteiger partial charge in [0.05, 0.1) is 5.56 Å². The van der Waals surface area contributed by atoms with Crippen LogP contribution in [-0.4, -0.2) is 9.91 Å². The van der Waals surface area contributed by atoms with Crippen molar-refractivity contribution >= 4 is 5.82 Å². The zero-order valence-corrected chi connectivity index (χ0v) is 6.95. The number of aromatic nitrogens is 1. The van der Waals surface area contributed by atoms with Crippen LogP contribution in [0.2, 0.25) is 0 Å². The van der Waals surface area contributed by atoms with Gasteiger partial charge in [-0.05, 0) is 9.91 Å². The summed E-state index contributed by atoms with van der Waals surface area (Å²) in [5.41, 5.74) is -2.21. The van der Waals surface area contributed by atoms with E-state index in [0.29, 0.717) is 6.20 Å². The van der Waals surface area contributed by atoms with Gasteiger partial charge in [-0.3, -0.25) is 0 Å². The zero-order chi connectivity index (χ0) is 11.6. The lowest BCUT2D eigenvalue weighted by Crippen LogP contribution is -2.03. The molecule has 0 N–H and O–H groups in total. The molecule has 8 heteroatoms. The molecule has 1 aromatic rings. The lowest BCUT2D eigenvalue weighted by Gasteiger charge is -2.01. The van der Waals surface area contributed by atoms with E-state index < -0.39 is 34.1 Å². The molecule has 0 amide bonds. The largest absolute Gasteiger partial charge is 0.384 e. The molecule has 0 bridgehead atoms. The Kier molecular flexibility index (Phi) is 2.85. The topological polar surface area (TPSA) is 79.8 Å².